The first kappa shape index (κ1) is 12.1. The first-order valence-corrected chi connectivity index (χ1v) is 6.14. The molecule has 0 bridgehead atoms. The van der Waals surface area contributed by atoms with E-state index >= 15 is 0 Å². The van der Waals surface area contributed by atoms with Crippen molar-refractivity contribution in [2.24, 2.45) is 0 Å². The maximum Gasteiger partial charge on any atom is 0.315 e. The van der Waals surface area contributed by atoms with Crippen LogP contribution in [0.1, 0.15) is 50.8 Å². The molecule has 3 heteroatoms. The largest absolute Gasteiger partial charge is 0.459 e. The first-order valence-electron chi connectivity index (χ1n) is 6.14. The van der Waals surface area contributed by atoms with Crippen molar-refractivity contribution < 1.29 is 9.53 Å². The van der Waals surface area contributed by atoms with Crippen LogP contribution in [0.25, 0.3) is 0 Å². The Morgan fingerprint density at radius 3 is 2.94 bits per heavy atom. The molecule has 1 aliphatic rings. The van der Waals surface area contributed by atoms with Gasteiger partial charge >= 0.3 is 5.97 Å². The van der Waals surface area contributed by atoms with Gasteiger partial charge in [0.2, 0.25) is 0 Å². The lowest BCUT2D eigenvalue weighted by Gasteiger charge is -2.27. The lowest BCUT2D eigenvalue weighted by atomic mass is 9.86. The second-order valence-electron chi connectivity index (χ2n) is 5.53. The highest BCUT2D eigenvalue weighted by molar-refractivity contribution is 5.78. The predicted octanol–water partition coefficient (Wildman–Crippen LogP) is 2.84. The average Bonchev–Trinajstić information content (AvgIpc) is 2.26. The van der Waals surface area contributed by atoms with Crippen molar-refractivity contribution in [3.63, 3.8) is 0 Å². The minimum absolute atomic E-state index is 0.142. The number of ether oxygens (including phenoxy) is 1. The molecule has 0 saturated heterocycles. The first-order chi connectivity index (χ1) is 7.97. The number of hydrogen-bond acceptors (Lipinski definition) is 3. The van der Waals surface area contributed by atoms with Crippen LogP contribution in [0.4, 0.5) is 0 Å². The van der Waals surface area contributed by atoms with Gasteiger partial charge in [-0.3, -0.25) is 9.78 Å². The van der Waals surface area contributed by atoms with Crippen LogP contribution in [0, 0.1) is 0 Å². The molecule has 0 aliphatic heterocycles. The number of rotatable bonds is 1. The molecule has 0 N–H and O–H groups in total. The molecule has 0 radical (unpaired) electrons. The third-order valence-electron chi connectivity index (χ3n) is 2.89. The Balaban J connectivity index is 2.21. The molecule has 0 saturated carbocycles. The van der Waals surface area contributed by atoms with Gasteiger partial charge in [0.25, 0.3) is 0 Å². The number of carbonyl (C=O) groups excluding carboxylic acids is 1. The zero-order valence-corrected chi connectivity index (χ0v) is 10.7. The van der Waals surface area contributed by atoms with Gasteiger partial charge in [-0.25, -0.2) is 0 Å². The lowest BCUT2D eigenvalue weighted by Crippen LogP contribution is -2.30. The molecule has 1 unspecified atom stereocenters. The van der Waals surface area contributed by atoms with Crippen molar-refractivity contribution in [1.82, 2.24) is 4.98 Å². The molecule has 2 rings (SSSR count). The van der Waals surface area contributed by atoms with E-state index in [0.29, 0.717) is 0 Å². The van der Waals surface area contributed by atoms with Crippen molar-refractivity contribution >= 4 is 5.97 Å². The second kappa shape index (κ2) is 4.47. The summed E-state index contributed by atoms with van der Waals surface area (Å²) >= 11 is 0. The molecule has 3 nitrogen and oxygen atoms in total. The van der Waals surface area contributed by atoms with E-state index in [-0.39, 0.29) is 11.9 Å². The maximum atomic E-state index is 12.1. The van der Waals surface area contributed by atoms with E-state index < -0.39 is 5.60 Å². The number of nitrogens with zero attached hydrogens (tertiary/aromatic N) is 1. The highest BCUT2D eigenvalue weighted by Crippen LogP contribution is 2.31. The summed E-state index contributed by atoms with van der Waals surface area (Å²) < 4.78 is 5.46. The van der Waals surface area contributed by atoms with Crippen molar-refractivity contribution in [1.29, 1.82) is 0 Å². The van der Waals surface area contributed by atoms with E-state index in [0.717, 1.165) is 25.0 Å². The molecule has 92 valence electrons. The fraction of sp³-hybridized carbons (Fsp3) is 0.571. The van der Waals surface area contributed by atoms with Crippen LogP contribution in [0.2, 0.25) is 0 Å². The van der Waals surface area contributed by atoms with Gasteiger partial charge in [0.15, 0.2) is 0 Å². The van der Waals surface area contributed by atoms with E-state index in [2.05, 4.69) is 11.1 Å². The molecule has 0 spiro atoms. The van der Waals surface area contributed by atoms with Crippen LogP contribution < -0.4 is 0 Å². The normalized spacial score (nSPS) is 19.6. The predicted molar refractivity (Wildman–Crippen MR) is 65.8 cm³/mol. The number of aromatic nitrogens is 1. The minimum atomic E-state index is -0.427. The summed E-state index contributed by atoms with van der Waals surface area (Å²) in [5.41, 5.74) is 1.67. The third kappa shape index (κ3) is 2.84. The standard InChI is InChI=1S/C14H19NO2/c1-14(2,3)17-13(16)11-8-4-6-10-7-5-9-15-12(10)11/h5,7,9,11H,4,6,8H2,1-3H3. The Hall–Kier alpha value is -1.38. The molecule has 0 fully saturated rings. The van der Waals surface area contributed by atoms with Crippen LogP contribution in [0.15, 0.2) is 18.3 Å². The topological polar surface area (TPSA) is 39.2 Å². The summed E-state index contributed by atoms with van der Waals surface area (Å²) in [5, 5.41) is 0. The summed E-state index contributed by atoms with van der Waals surface area (Å²) in [6, 6.07) is 3.98. The van der Waals surface area contributed by atoms with E-state index in [1.807, 2.05) is 26.8 Å². The van der Waals surface area contributed by atoms with Gasteiger partial charge in [-0.1, -0.05) is 6.07 Å². The van der Waals surface area contributed by atoms with Gasteiger partial charge in [0.1, 0.15) is 5.60 Å². The minimum Gasteiger partial charge on any atom is -0.459 e. The summed E-state index contributed by atoms with van der Waals surface area (Å²) in [7, 11) is 0. The monoisotopic (exact) mass is 233 g/mol. The maximum absolute atomic E-state index is 12.1. The molecule has 1 atom stereocenters. The molecular formula is C14H19NO2. The molecular weight excluding hydrogens is 214 g/mol. The quantitative estimate of drug-likeness (QED) is 0.700. The smallest absolute Gasteiger partial charge is 0.315 e. The number of fused-ring (bicyclic) bond motifs is 1. The van der Waals surface area contributed by atoms with E-state index in [4.69, 9.17) is 4.74 Å². The number of hydrogen-bond donors (Lipinski definition) is 0. The molecule has 1 heterocycles. The SMILES string of the molecule is CC(C)(C)OC(=O)C1CCCc2cccnc21. The zero-order chi connectivity index (χ0) is 12.5. The number of esters is 1. The fourth-order valence-electron chi connectivity index (χ4n) is 2.21. The van der Waals surface area contributed by atoms with Crippen molar-refractivity contribution in [2.45, 2.75) is 51.6 Å². The van der Waals surface area contributed by atoms with Gasteiger partial charge in [-0.05, 0) is 51.7 Å². The van der Waals surface area contributed by atoms with Gasteiger partial charge in [-0.15, -0.1) is 0 Å². The summed E-state index contributed by atoms with van der Waals surface area (Å²) in [4.78, 5) is 16.5. The van der Waals surface area contributed by atoms with Crippen molar-refractivity contribution in [2.75, 3.05) is 0 Å². The Bertz CT molecular complexity index is 420. The van der Waals surface area contributed by atoms with E-state index in [1.165, 1.54) is 5.56 Å². The van der Waals surface area contributed by atoms with Crippen LogP contribution in [0.3, 0.4) is 0 Å². The number of pyridine rings is 1. The summed E-state index contributed by atoms with van der Waals surface area (Å²) in [6.07, 6.45) is 4.64. The van der Waals surface area contributed by atoms with Gasteiger partial charge in [0.05, 0.1) is 11.6 Å². The Labute approximate surface area is 102 Å². The van der Waals surface area contributed by atoms with Gasteiger partial charge < -0.3 is 4.74 Å². The Kier molecular flexibility index (Phi) is 3.18. The molecule has 0 amide bonds. The molecule has 0 aromatic carbocycles. The zero-order valence-electron chi connectivity index (χ0n) is 10.7. The van der Waals surface area contributed by atoms with Crippen molar-refractivity contribution in [3.8, 4) is 0 Å². The highest BCUT2D eigenvalue weighted by Gasteiger charge is 2.31. The number of aryl methyl sites for hydroxylation is 1. The van der Waals surface area contributed by atoms with Crippen LogP contribution in [0.5, 0.6) is 0 Å². The van der Waals surface area contributed by atoms with E-state index in [9.17, 15) is 4.79 Å². The van der Waals surface area contributed by atoms with Crippen LogP contribution in [-0.2, 0) is 16.0 Å². The summed E-state index contributed by atoms with van der Waals surface area (Å²) in [6.45, 7) is 5.69. The van der Waals surface area contributed by atoms with E-state index in [1.54, 1.807) is 6.20 Å². The number of carbonyl (C=O) groups is 1. The van der Waals surface area contributed by atoms with Crippen LogP contribution in [-0.4, -0.2) is 16.6 Å². The second-order valence-corrected chi connectivity index (χ2v) is 5.53. The van der Waals surface area contributed by atoms with Gasteiger partial charge in [-0.2, -0.15) is 0 Å². The molecule has 1 aromatic heterocycles. The fourth-order valence-corrected chi connectivity index (χ4v) is 2.21. The van der Waals surface area contributed by atoms with Gasteiger partial charge in [0, 0.05) is 6.20 Å². The highest BCUT2D eigenvalue weighted by atomic mass is 16.6. The molecule has 1 aromatic rings. The average molecular weight is 233 g/mol. The Morgan fingerprint density at radius 2 is 2.24 bits per heavy atom. The molecule has 1 aliphatic carbocycles. The lowest BCUT2D eigenvalue weighted by molar-refractivity contribution is -0.157. The van der Waals surface area contributed by atoms with Crippen molar-refractivity contribution in [3.05, 3.63) is 29.6 Å². The third-order valence-corrected chi connectivity index (χ3v) is 2.89. The summed E-state index contributed by atoms with van der Waals surface area (Å²) in [5.74, 6) is -0.323. The van der Waals surface area contributed by atoms with Crippen LogP contribution >= 0.6 is 0 Å². The Morgan fingerprint density at radius 1 is 1.47 bits per heavy atom. The molecule has 17 heavy (non-hydrogen) atoms.